The number of nitrogen functional groups attached to an aromatic ring is 1. The second kappa shape index (κ2) is 5.35. The monoisotopic (exact) mass is 218 g/mol. The van der Waals surface area contributed by atoms with Crippen molar-refractivity contribution in [3.63, 3.8) is 0 Å². The lowest BCUT2D eigenvalue weighted by Gasteiger charge is -2.17. The Labute approximate surface area is 98.4 Å². The molecule has 16 heavy (non-hydrogen) atoms. The van der Waals surface area contributed by atoms with Crippen LogP contribution < -0.4 is 5.73 Å². The highest BCUT2D eigenvalue weighted by Gasteiger charge is 2.21. The molecule has 0 aromatic heterocycles. The standard InChI is InChI=1S/C14H22N2/c1-2-5-12-8-9-16(10-12)11-13-6-3-4-7-14(13)15/h3-4,6-7,12H,2,5,8-11,15H2,1H3. The lowest BCUT2D eigenvalue weighted by molar-refractivity contribution is 0.313. The van der Waals surface area contributed by atoms with Crippen LogP contribution in [-0.4, -0.2) is 18.0 Å². The minimum atomic E-state index is 0.912. The number of hydrogen-bond acceptors (Lipinski definition) is 2. The van der Waals surface area contributed by atoms with Crippen molar-refractivity contribution in [2.75, 3.05) is 18.8 Å². The molecule has 1 aliphatic rings. The van der Waals surface area contributed by atoms with Gasteiger partial charge in [-0.05, 0) is 36.9 Å². The lowest BCUT2D eigenvalue weighted by Crippen LogP contribution is -2.20. The quantitative estimate of drug-likeness (QED) is 0.787. The van der Waals surface area contributed by atoms with E-state index in [1.54, 1.807) is 0 Å². The first-order chi connectivity index (χ1) is 7.79. The van der Waals surface area contributed by atoms with Gasteiger partial charge in [-0.15, -0.1) is 0 Å². The number of benzene rings is 1. The topological polar surface area (TPSA) is 29.3 Å². The van der Waals surface area contributed by atoms with Crippen molar-refractivity contribution < 1.29 is 0 Å². The fourth-order valence-corrected chi connectivity index (χ4v) is 2.62. The van der Waals surface area contributed by atoms with E-state index in [-0.39, 0.29) is 0 Å². The summed E-state index contributed by atoms with van der Waals surface area (Å²) in [5.41, 5.74) is 8.17. The summed E-state index contributed by atoms with van der Waals surface area (Å²) < 4.78 is 0. The van der Waals surface area contributed by atoms with Gasteiger partial charge in [-0.1, -0.05) is 31.5 Å². The maximum Gasteiger partial charge on any atom is 0.0359 e. The molecule has 0 bridgehead atoms. The van der Waals surface area contributed by atoms with Crippen molar-refractivity contribution >= 4 is 5.69 Å². The molecule has 0 saturated carbocycles. The van der Waals surface area contributed by atoms with Crippen LogP contribution in [0.1, 0.15) is 31.7 Å². The largest absolute Gasteiger partial charge is 0.398 e. The number of likely N-dealkylation sites (tertiary alicyclic amines) is 1. The summed E-state index contributed by atoms with van der Waals surface area (Å²) in [6.07, 6.45) is 4.05. The minimum absolute atomic E-state index is 0.912. The van der Waals surface area contributed by atoms with E-state index in [4.69, 9.17) is 5.73 Å². The number of nitrogens with two attached hydrogens (primary N) is 1. The molecule has 88 valence electrons. The third-order valence-electron chi connectivity index (χ3n) is 3.52. The van der Waals surface area contributed by atoms with E-state index in [2.05, 4.69) is 24.0 Å². The second-order valence-electron chi connectivity index (χ2n) is 4.88. The van der Waals surface area contributed by atoms with Crippen LogP contribution in [0, 0.1) is 5.92 Å². The highest BCUT2D eigenvalue weighted by atomic mass is 15.1. The summed E-state index contributed by atoms with van der Waals surface area (Å²) in [6.45, 7) is 5.78. The number of rotatable bonds is 4. The molecule has 1 heterocycles. The van der Waals surface area contributed by atoms with E-state index in [0.29, 0.717) is 0 Å². The van der Waals surface area contributed by atoms with Crippen LogP contribution in [-0.2, 0) is 6.54 Å². The Morgan fingerprint density at radius 3 is 2.94 bits per heavy atom. The van der Waals surface area contributed by atoms with Gasteiger partial charge in [0, 0.05) is 18.8 Å². The Bertz CT molecular complexity index is 335. The molecule has 1 unspecified atom stereocenters. The molecule has 2 nitrogen and oxygen atoms in total. The predicted molar refractivity (Wildman–Crippen MR) is 69.1 cm³/mol. The number of nitrogens with zero attached hydrogens (tertiary/aromatic N) is 1. The van der Waals surface area contributed by atoms with E-state index >= 15 is 0 Å². The van der Waals surface area contributed by atoms with Crippen LogP contribution in [0.4, 0.5) is 5.69 Å². The molecular formula is C14H22N2. The summed E-state index contributed by atoms with van der Waals surface area (Å²) in [7, 11) is 0. The molecule has 2 N–H and O–H groups in total. The highest BCUT2D eigenvalue weighted by molar-refractivity contribution is 5.46. The van der Waals surface area contributed by atoms with E-state index in [1.165, 1.54) is 37.9 Å². The van der Waals surface area contributed by atoms with Gasteiger partial charge in [0.1, 0.15) is 0 Å². The van der Waals surface area contributed by atoms with E-state index in [1.807, 2.05) is 12.1 Å². The minimum Gasteiger partial charge on any atom is -0.398 e. The SMILES string of the molecule is CCCC1CCN(Cc2ccccc2N)C1. The van der Waals surface area contributed by atoms with Crippen LogP contribution in [0.25, 0.3) is 0 Å². The third-order valence-corrected chi connectivity index (χ3v) is 3.52. The molecule has 0 aliphatic carbocycles. The van der Waals surface area contributed by atoms with Gasteiger partial charge < -0.3 is 5.73 Å². The van der Waals surface area contributed by atoms with Gasteiger partial charge in [0.05, 0.1) is 0 Å². The van der Waals surface area contributed by atoms with Crippen LogP contribution in [0.3, 0.4) is 0 Å². The second-order valence-corrected chi connectivity index (χ2v) is 4.88. The molecule has 1 aromatic rings. The third kappa shape index (κ3) is 2.76. The molecule has 1 saturated heterocycles. The van der Waals surface area contributed by atoms with Gasteiger partial charge in [-0.2, -0.15) is 0 Å². The Morgan fingerprint density at radius 2 is 2.19 bits per heavy atom. The van der Waals surface area contributed by atoms with Crippen molar-refractivity contribution in [2.45, 2.75) is 32.7 Å². The summed E-state index contributed by atoms with van der Waals surface area (Å²) in [5.74, 6) is 0.912. The number of hydrogen-bond donors (Lipinski definition) is 1. The zero-order valence-corrected chi connectivity index (χ0v) is 10.2. The van der Waals surface area contributed by atoms with Crippen molar-refractivity contribution in [1.82, 2.24) is 4.90 Å². The molecule has 1 aliphatic heterocycles. The molecule has 1 aromatic carbocycles. The van der Waals surface area contributed by atoms with Crippen LogP contribution in [0.5, 0.6) is 0 Å². The van der Waals surface area contributed by atoms with Gasteiger partial charge in [-0.3, -0.25) is 4.90 Å². The van der Waals surface area contributed by atoms with Crippen LogP contribution in [0.2, 0.25) is 0 Å². The highest BCUT2D eigenvalue weighted by Crippen LogP contribution is 2.23. The summed E-state index contributed by atoms with van der Waals surface area (Å²) in [6, 6.07) is 8.21. The summed E-state index contributed by atoms with van der Waals surface area (Å²) in [4.78, 5) is 2.53. The van der Waals surface area contributed by atoms with Crippen molar-refractivity contribution in [3.8, 4) is 0 Å². The van der Waals surface area contributed by atoms with E-state index in [9.17, 15) is 0 Å². The summed E-state index contributed by atoms with van der Waals surface area (Å²) >= 11 is 0. The van der Waals surface area contributed by atoms with Gasteiger partial charge in [-0.25, -0.2) is 0 Å². The first-order valence-electron chi connectivity index (χ1n) is 6.35. The molecule has 1 atom stereocenters. The maximum atomic E-state index is 5.97. The average molecular weight is 218 g/mol. The first-order valence-corrected chi connectivity index (χ1v) is 6.35. The Morgan fingerprint density at radius 1 is 1.38 bits per heavy atom. The van der Waals surface area contributed by atoms with Crippen LogP contribution >= 0.6 is 0 Å². The molecule has 0 spiro atoms. The van der Waals surface area contributed by atoms with Crippen molar-refractivity contribution in [1.29, 1.82) is 0 Å². The maximum absolute atomic E-state index is 5.97. The molecule has 2 heteroatoms. The Hall–Kier alpha value is -1.02. The zero-order valence-electron chi connectivity index (χ0n) is 10.2. The normalized spacial score (nSPS) is 21.4. The first kappa shape index (κ1) is 11.5. The van der Waals surface area contributed by atoms with Crippen molar-refractivity contribution in [2.24, 2.45) is 5.92 Å². The predicted octanol–water partition coefficient (Wildman–Crippen LogP) is 2.89. The van der Waals surface area contributed by atoms with Crippen molar-refractivity contribution in [3.05, 3.63) is 29.8 Å². The van der Waals surface area contributed by atoms with Crippen LogP contribution in [0.15, 0.2) is 24.3 Å². The van der Waals surface area contributed by atoms with Gasteiger partial charge in [0.2, 0.25) is 0 Å². The fraction of sp³-hybridized carbons (Fsp3) is 0.571. The molecular weight excluding hydrogens is 196 g/mol. The average Bonchev–Trinajstić information content (AvgIpc) is 2.70. The van der Waals surface area contributed by atoms with Gasteiger partial charge in [0.25, 0.3) is 0 Å². The number of anilines is 1. The lowest BCUT2D eigenvalue weighted by atomic mass is 10.0. The zero-order chi connectivity index (χ0) is 11.4. The summed E-state index contributed by atoms with van der Waals surface area (Å²) in [5, 5.41) is 0. The van der Waals surface area contributed by atoms with Gasteiger partial charge in [0.15, 0.2) is 0 Å². The Balaban J connectivity index is 1.90. The molecule has 2 rings (SSSR count). The molecule has 0 amide bonds. The van der Waals surface area contributed by atoms with E-state index in [0.717, 1.165) is 18.2 Å². The fourth-order valence-electron chi connectivity index (χ4n) is 2.62. The molecule has 0 radical (unpaired) electrons. The van der Waals surface area contributed by atoms with Gasteiger partial charge >= 0.3 is 0 Å². The van der Waals surface area contributed by atoms with E-state index < -0.39 is 0 Å². The number of para-hydroxylation sites is 1. The smallest absolute Gasteiger partial charge is 0.0359 e. The Kier molecular flexibility index (Phi) is 3.83. The molecule has 1 fully saturated rings.